The Morgan fingerprint density at radius 3 is 2.69 bits per heavy atom. The molecule has 0 aliphatic carbocycles. The van der Waals surface area contributed by atoms with E-state index < -0.39 is 0 Å². The van der Waals surface area contributed by atoms with Gasteiger partial charge in [0, 0.05) is 24.5 Å². The number of hydrogen-bond acceptors (Lipinski definition) is 3. The normalized spacial score (nSPS) is 11.5. The van der Waals surface area contributed by atoms with Gasteiger partial charge in [-0.05, 0) is 27.2 Å². The third kappa shape index (κ3) is 3.08. The summed E-state index contributed by atoms with van der Waals surface area (Å²) < 4.78 is 1.70. The highest BCUT2D eigenvalue weighted by molar-refractivity contribution is 5.30. The zero-order valence-electron chi connectivity index (χ0n) is 10.6. The molecule has 0 aliphatic heterocycles. The van der Waals surface area contributed by atoms with Crippen molar-refractivity contribution in [2.45, 2.75) is 46.1 Å². The van der Waals surface area contributed by atoms with Crippen molar-refractivity contribution in [1.29, 1.82) is 0 Å². The Hall–Kier alpha value is -1.32. The molecule has 0 amide bonds. The van der Waals surface area contributed by atoms with E-state index in [0.29, 0.717) is 5.82 Å². The lowest BCUT2D eigenvalue weighted by Gasteiger charge is -2.22. The van der Waals surface area contributed by atoms with Crippen LogP contribution >= 0.6 is 0 Å². The zero-order chi connectivity index (χ0) is 12.2. The molecule has 16 heavy (non-hydrogen) atoms. The molecule has 0 radical (unpaired) electrons. The van der Waals surface area contributed by atoms with Gasteiger partial charge in [-0.2, -0.15) is 0 Å². The van der Waals surface area contributed by atoms with Crippen molar-refractivity contribution in [2.24, 2.45) is 0 Å². The summed E-state index contributed by atoms with van der Waals surface area (Å²) in [5.74, 6) is 0.450. The monoisotopic (exact) mass is 223 g/mol. The minimum absolute atomic E-state index is 0.0499. The number of nitrogens with one attached hydrogen (secondary N) is 1. The van der Waals surface area contributed by atoms with Crippen molar-refractivity contribution in [1.82, 2.24) is 9.55 Å². The fourth-order valence-corrected chi connectivity index (χ4v) is 1.44. The van der Waals surface area contributed by atoms with Crippen LogP contribution in [0.4, 0.5) is 5.82 Å². The van der Waals surface area contributed by atoms with E-state index in [1.54, 1.807) is 17.0 Å². The van der Waals surface area contributed by atoms with Crippen LogP contribution in [0.1, 0.15) is 40.5 Å². The molecule has 0 atom stereocenters. The van der Waals surface area contributed by atoms with Gasteiger partial charge in [0.2, 0.25) is 0 Å². The maximum Gasteiger partial charge on any atom is 0.293 e. The molecule has 1 aromatic rings. The first-order chi connectivity index (χ1) is 7.46. The number of rotatable bonds is 4. The molecule has 1 N–H and O–H groups in total. The van der Waals surface area contributed by atoms with Crippen LogP contribution in [0, 0.1) is 0 Å². The molecular weight excluding hydrogens is 202 g/mol. The third-order valence-corrected chi connectivity index (χ3v) is 2.39. The summed E-state index contributed by atoms with van der Waals surface area (Å²) in [5.41, 5.74) is -0.257. The molecule has 0 unspecified atom stereocenters. The largest absolute Gasteiger partial charge is 0.365 e. The second-order valence-electron chi connectivity index (χ2n) is 4.90. The summed E-state index contributed by atoms with van der Waals surface area (Å²) in [4.78, 5) is 16.1. The molecule has 0 aliphatic rings. The van der Waals surface area contributed by atoms with Gasteiger partial charge < -0.3 is 9.88 Å². The first-order valence-electron chi connectivity index (χ1n) is 5.79. The van der Waals surface area contributed by atoms with E-state index >= 15 is 0 Å². The van der Waals surface area contributed by atoms with E-state index in [0.717, 1.165) is 19.4 Å². The van der Waals surface area contributed by atoms with E-state index in [1.165, 1.54) is 0 Å². The first-order valence-corrected chi connectivity index (χ1v) is 5.79. The lowest BCUT2D eigenvalue weighted by atomic mass is 10.1. The van der Waals surface area contributed by atoms with Crippen molar-refractivity contribution in [2.75, 3.05) is 11.9 Å². The van der Waals surface area contributed by atoms with Crippen LogP contribution in [-0.2, 0) is 5.54 Å². The molecular formula is C12H21N3O. The molecule has 1 heterocycles. The van der Waals surface area contributed by atoms with Crippen molar-refractivity contribution in [3.8, 4) is 0 Å². The Kier molecular flexibility index (Phi) is 4.10. The van der Waals surface area contributed by atoms with Crippen molar-refractivity contribution in [3.05, 3.63) is 22.7 Å². The highest BCUT2D eigenvalue weighted by atomic mass is 16.1. The number of unbranched alkanes of at least 4 members (excludes halogenated alkanes) is 1. The molecule has 1 aromatic heterocycles. The summed E-state index contributed by atoms with van der Waals surface area (Å²) in [6.45, 7) is 8.93. The predicted octanol–water partition coefficient (Wildman–Crippen LogP) is 2.21. The Morgan fingerprint density at radius 1 is 1.44 bits per heavy atom. The van der Waals surface area contributed by atoms with Gasteiger partial charge in [-0.15, -0.1) is 0 Å². The Balaban J connectivity index is 2.92. The number of aromatic nitrogens is 2. The van der Waals surface area contributed by atoms with Gasteiger partial charge in [0.25, 0.3) is 5.56 Å². The second-order valence-corrected chi connectivity index (χ2v) is 4.90. The van der Waals surface area contributed by atoms with E-state index in [4.69, 9.17) is 0 Å². The smallest absolute Gasteiger partial charge is 0.293 e. The van der Waals surface area contributed by atoms with Crippen LogP contribution < -0.4 is 10.9 Å². The predicted molar refractivity (Wildman–Crippen MR) is 66.9 cm³/mol. The molecule has 4 nitrogen and oxygen atoms in total. The molecule has 0 aromatic carbocycles. The van der Waals surface area contributed by atoms with Gasteiger partial charge in [-0.3, -0.25) is 4.79 Å². The summed E-state index contributed by atoms with van der Waals surface area (Å²) in [5, 5.41) is 3.08. The minimum atomic E-state index is -0.207. The molecule has 4 heteroatoms. The van der Waals surface area contributed by atoms with E-state index in [-0.39, 0.29) is 11.1 Å². The summed E-state index contributed by atoms with van der Waals surface area (Å²) >= 11 is 0. The van der Waals surface area contributed by atoms with Crippen LogP contribution in [0.3, 0.4) is 0 Å². The van der Waals surface area contributed by atoms with Gasteiger partial charge in [0.05, 0.1) is 0 Å². The third-order valence-electron chi connectivity index (χ3n) is 2.39. The van der Waals surface area contributed by atoms with Gasteiger partial charge in [-0.25, -0.2) is 4.98 Å². The number of anilines is 1. The fraction of sp³-hybridized carbons (Fsp3) is 0.667. The van der Waals surface area contributed by atoms with E-state index in [1.807, 2.05) is 20.8 Å². The molecule has 0 saturated carbocycles. The molecule has 0 saturated heterocycles. The van der Waals surface area contributed by atoms with E-state index in [9.17, 15) is 4.79 Å². The molecule has 0 bridgehead atoms. The summed E-state index contributed by atoms with van der Waals surface area (Å²) in [6.07, 6.45) is 5.55. The quantitative estimate of drug-likeness (QED) is 0.796. The Bertz CT molecular complexity index is 390. The van der Waals surface area contributed by atoms with Crippen molar-refractivity contribution in [3.63, 3.8) is 0 Å². The van der Waals surface area contributed by atoms with Crippen LogP contribution in [-0.4, -0.2) is 16.1 Å². The van der Waals surface area contributed by atoms with Crippen LogP contribution in [0.2, 0.25) is 0 Å². The Morgan fingerprint density at radius 2 is 2.12 bits per heavy atom. The van der Waals surface area contributed by atoms with Gasteiger partial charge in [-0.1, -0.05) is 13.3 Å². The Labute approximate surface area is 96.7 Å². The average molecular weight is 223 g/mol. The maximum atomic E-state index is 12.0. The van der Waals surface area contributed by atoms with Crippen LogP contribution in [0.5, 0.6) is 0 Å². The van der Waals surface area contributed by atoms with Crippen molar-refractivity contribution < 1.29 is 0 Å². The lowest BCUT2D eigenvalue weighted by Crippen LogP contribution is -2.35. The highest BCUT2D eigenvalue weighted by Gasteiger charge is 2.16. The SMILES string of the molecule is CCCCNc1nccn(C(C)(C)C)c1=O. The van der Waals surface area contributed by atoms with Gasteiger partial charge >= 0.3 is 0 Å². The molecule has 90 valence electrons. The highest BCUT2D eigenvalue weighted by Crippen LogP contribution is 2.10. The van der Waals surface area contributed by atoms with E-state index in [2.05, 4.69) is 17.2 Å². The average Bonchev–Trinajstić information content (AvgIpc) is 2.19. The minimum Gasteiger partial charge on any atom is -0.365 e. The second kappa shape index (κ2) is 5.14. The fourth-order valence-electron chi connectivity index (χ4n) is 1.44. The maximum absolute atomic E-state index is 12.0. The topological polar surface area (TPSA) is 46.9 Å². The van der Waals surface area contributed by atoms with Gasteiger partial charge in [0.1, 0.15) is 0 Å². The van der Waals surface area contributed by atoms with Crippen LogP contribution in [0.15, 0.2) is 17.2 Å². The standard InChI is InChI=1S/C12H21N3O/c1-5-6-7-13-10-11(16)15(9-8-14-10)12(2,3)4/h8-9H,5-7H2,1-4H3,(H,13,14). The van der Waals surface area contributed by atoms with Crippen LogP contribution in [0.25, 0.3) is 0 Å². The van der Waals surface area contributed by atoms with Gasteiger partial charge in [0.15, 0.2) is 5.82 Å². The van der Waals surface area contributed by atoms with Crippen molar-refractivity contribution >= 4 is 5.82 Å². The molecule has 0 spiro atoms. The molecule has 1 rings (SSSR count). The number of hydrogen-bond donors (Lipinski definition) is 1. The zero-order valence-corrected chi connectivity index (χ0v) is 10.6. The first kappa shape index (κ1) is 12.7. The lowest BCUT2D eigenvalue weighted by molar-refractivity contribution is 0.383. The summed E-state index contributed by atoms with van der Waals surface area (Å²) in [6, 6.07) is 0. The molecule has 0 fully saturated rings. The number of nitrogens with zero attached hydrogens (tertiary/aromatic N) is 2. The summed E-state index contributed by atoms with van der Waals surface area (Å²) in [7, 11) is 0.